The molecule has 1 saturated heterocycles. The van der Waals surface area contributed by atoms with E-state index in [4.69, 9.17) is 0 Å². The largest absolute Gasteiger partial charge is 0.354 e. The zero-order valence-electron chi connectivity index (χ0n) is 11.9. The van der Waals surface area contributed by atoms with Gasteiger partial charge in [-0.3, -0.25) is 9.69 Å². The lowest BCUT2D eigenvalue weighted by molar-refractivity contribution is -0.124. The highest BCUT2D eigenvalue weighted by Crippen LogP contribution is 2.24. The molecule has 1 aromatic carbocycles. The lowest BCUT2D eigenvalue weighted by Gasteiger charge is -2.28. The number of hydrogen-bond acceptors (Lipinski definition) is 2. The summed E-state index contributed by atoms with van der Waals surface area (Å²) in [6, 6.07) is 10.8. The Balaban J connectivity index is 2.04. The number of hydrogen-bond donors (Lipinski definition) is 1. The van der Waals surface area contributed by atoms with E-state index in [9.17, 15) is 4.79 Å². The van der Waals surface area contributed by atoms with Crippen molar-refractivity contribution in [1.82, 2.24) is 10.2 Å². The van der Waals surface area contributed by atoms with Crippen molar-refractivity contribution >= 4 is 5.91 Å². The molecule has 104 valence electrons. The van der Waals surface area contributed by atoms with E-state index in [0.717, 1.165) is 13.1 Å². The minimum atomic E-state index is 0.0509. The topological polar surface area (TPSA) is 32.3 Å². The van der Waals surface area contributed by atoms with E-state index in [1.807, 2.05) is 19.9 Å². The summed E-state index contributed by atoms with van der Waals surface area (Å²) in [6.45, 7) is 6.85. The quantitative estimate of drug-likeness (QED) is 0.882. The Hall–Kier alpha value is -1.35. The van der Waals surface area contributed by atoms with Gasteiger partial charge in [0.05, 0.1) is 6.04 Å². The second-order valence-corrected chi connectivity index (χ2v) is 5.57. The summed E-state index contributed by atoms with van der Waals surface area (Å²) in [5.41, 5.74) is 1.30. The van der Waals surface area contributed by atoms with Gasteiger partial charge in [-0.25, -0.2) is 0 Å². The van der Waals surface area contributed by atoms with Crippen LogP contribution in [0.1, 0.15) is 38.3 Å². The van der Waals surface area contributed by atoms with Crippen LogP contribution in [0, 0.1) is 5.92 Å². The van der Waals surface area contributed by atoms with E-state index < -0.39 is 0 Å². The zero-order chi connectivity index (χ0) is 13.7. The summed E-state index contributed by atoms with van der Waals surface area (Å²) in [5.74, 6) is 0.190. The Morgan fingerprint density at radius 3 is 2.42 bits per heavy atom. The van der Waals surface area contributed by atoms with Gasteiger partial charge in [0, 0.05) is 12.5 Å². The Kier molecular flexibility index (Phi) is 4.97. The van der Waals surface area contributed by atoms with Gasteiger partial charge in [-0.05, 0) is 31.5 Å². The summed E-state index contributed by atoms with van der Waals surface area (Å²) >= 11 is 0. The molecular weight excluding hydrogens is 236 g/mol. The first-order valence-electron chi connectivity index (χ1n) is 7.25. The molecule has 1 heterocycles. The summed E-state index contributed by atoms with van der Waals surface area (Å²) < 4.78 is 0. The van der Waals surface area contributed by atoms with E-state index in [0.29, 0.717) is 12.6 Å². The molecular formula is C16H24N2O. The van der Waals surface area contributed by atoms with Gasteiger partial charge >= 0.3 is 0 Å². The van der Waals surface area contributed by atoms with E-state index in [1.54, 1.807) is 0 Å². The molecule has 0 radical (unpaired) electrons. The highest BCUT2D eigenvalue weighted by Gasteiger charge is 2.23. The van der Waals surface area contributed by atoms with Crippen LogP contribution < -0.4 is 5.32 Å². The number of nitrogens with one attached hydrogen (secondary N) is 1. The van der Waals surface area contributed by atoms with Gasteiger partial charge in [0.25, 0.3) is 0 Å². The van der Waals surface area contributed by atoms with Crippen LogP contribution in [0.3, 0.4) is 0 Å². The van der Waals surface area contributed by atoms with Crippen molar-refractivity contribution in [2.24, 2.45) is 5.92 Å². The van der Waals surface area contributed by atoms with Crippen LogP contribution in [0.25, 0.3) is 0 Å². The van der Waals surface area contributed by atoms with E-state index in [1.165, 1.54) is 18.4 Å². The van der Waals surface area contributed by atoms with Gasteiger partial charge in [0.1, 0.15) is 0 Å². The fraction of sp³-hybridized carbons (Fsp3) is 0.562. The normalized spacial score (nSPS) is 17.6. The van der Waals surface area contributed by atoms with Crippen molar-refractivity contribution in [3.63, 3.8) is 0 Å². The summed E-state index contributed by atoms with van der Waals surface area (Å²) in [4.78, 5) is 14.2. The van der Waals surface area contributed by atoms with Gasteiger partial charge in [-0.1, -0.05) is 44.2 Å². The Morgan fingerprint density at radius 2 is 1.84 bits per heavy atom. The second kappa shape index (κ2) is 6.71. The first kappa shape index (κ1) is 14.1. The first-order chi connectivity index (χ1) is 9.18. The fourth-order valence-electron chi connectivity index (χ4n) is 2.59. The minimum absolute atomic E-state index is 0.0509. The third-order valence-electron chi connectivity index (χ3n) is 3.76. The predicted octanol–water partition coefficient (Wildman–Crippen LogP) is 2.60. The van der Waals surface area contributed by atoms with Gasteiger partial charge in [0.15, 0.2) is 0 Å². The molecule has 1 aromatic rings. The van der Waals surface area contributed by atoms with Gasteiger partial charge in [-0.15, -0.1) is 0 Å². The molecule has 0 bridgehead atoms. The molecule has 1 aliphatic rings. The summed E-state index contributed by atoms with van der Waals surface area (Å²) in [7, 11) is 0. The Morgan fingerprint density at radius 1 is 1.21 bits per heavy atom. The number of amides is 1. The highest BCUT2D eigenvalue weighted by molar-refractivity contribution is 5.77. The first-order valence-corrected chi connectivity index (χ1v) is 7.25. The molecule has 0 aliphatic carbocycles. The SMILES string of the molecule is CC(C)C(=O)NCC(c1ccccc1)N1CCCC1. The molecule has 0 spiro atoms. The molecule has 1 unspecified atom stereocenters. The number of carbonyl (C=O) groups is 1. The molecule has 1 atom stereocenters. The van der Waals surface area contributed by atoms with Crippen LogP contribution in [0.5, 0.6) is 0 Å². The number of benzene rings is 1. The fourth-order valence-corrected chi connectivity index (χ4v) is 2.59. The average Bonchev–Trinajstić information content (AvgIpc) is 2.94. The van der Waals surface area contributed by atoms with E-state index >= 15 is 0 Å². The Labute approximate surface area is 116 Å². The van der Waals surface area contributed by atoms with Crippen LogP contribution >= 0.6 is 0 Å². The predicted molar refractivity (Wildman–Crippen MR) is 77.8 cm³/mol. The summed E-state index contributed by atoms with van der Waals surface area (Å²) in [5, 5.41) is 3.08. The van der Waals surface area contributed by atoms with Crippen LogP contribution in [-0.2, 0) is 4.79 Å². The van der Waals surface area contributed by atoms with Crippen LogP contribution in [-0.4, -0.2) is 30.4 Å². The van der Waals surface area contributed by atoms with E-state index in [2.05, 4.69) is 34.5 Å². The number of carbonyl (C=O) groups excluding carboxylic acids is 1. The maximum Gasteiger partial charge on any atom is 0.222 e. The lowest BCUT2D eigenvalue weighted by atomic mass is 10.1. The molecule has 19 heavy (non-hydrogen) atoms. The number of nitrogens with zero attached hydrogens (tertiary/aromatic N) is 1. The highest BCUT2D eigenvalue weighted by atomic mass is 16.1. The van der Waals surface area contributed by atoms with Gasteiger partial charge < -0.3 is 5.32 Å². The number of rotatable bonds is 5. The van der Waals surface area contributed by atoms with Crippen molar-refractivity contribution in [2.45, 2.75) is 32.7 Å². The molecule has 1 N–H and O–H groups in total. The third-order valence-corrected chi connectivity index (χ3v) is 3.76. The molecule has 3 nitrogen and oxygen atoms in total. The van der Waals surface area contributed by atoms with Crippen LogP contribution in [0.4, 0.5) is 0 Å². The smallest absolute Gasteiger partial charge is 0.222 e. The minimum Gasteiger partial charge on any atom is -0.354 e. The van der Waals surface area contributed by atoms with E-state index in [-0.39, 0.29) is 11.8 Å². The summed E-state index contributed by atoms with van der Waals surface area (Å²) in [6.07, 6.45) is 2.53. The molecule has 2 rings (SSSR count). The van der Waals surface area contributed by atoms with Crippen LogP contribution in [0.15, 0.2) is 30.3 Å². The Bertz CT molecular complexity index is 396. The molecule has 1 amide bonds. The van der Waals surface area contributed by atoms with Crippen molar-refractivity contribution in [3.8, 4) is 0 Å². The standard InChI is InChI=1S/C16H24N2O/c1-13(2)16(19)17-12-15(18-10-6-7-11-18)14-8-4-3-5-9-14/h3-5,8-9,13,15H,6-7,10-12H2,1-2H3,(H,17,19). The van der Waals surface area contributed by atoms with Gasteiger partial charge in [-0.2, -0.15) is 0 Å². The molecule has 1 aliphatic heterocycles. The third kappa shape index (κ3) is 3.80. The molecule has 0 saturated carbocycles. The average molecular weight is 260 g/mol. The van der Waals surface area contributed by atoms with Crippen LogP contribution in [0.2, 0.25) is 0 Å². The van der Waals surface area contributed by atoms with Crippen molar-refractivity contribution in [1.29, 1.82) is 0 Å². The maximum absolute atomic E-state index is 11.8. The second-order valence-electron chi connectivity index (χ2n) is 5.57. The monoisotopic (exact) mass is 260 g/mol. The van der Waals surface area contributed by atoms with Crippen molar-refractivity contribution in [3.05, 3.63) is 35.9 Å². The maximum atomic E-state index is 11.8. The molecule has 1 fully saturated rings. The molecule has 0 aromatic heterocycles. The molecule has 3 heteroatoms. The van der Waals surface area contributed by atoms with Crippen molar-refractivity contribution in [2.75, 3.05) is 19.6 Å². The number of likely N-dealkylation sites (tertiary alicyclic amines) is 1. The van der Waals surface area contributed by atoms with Crippen molar-refractivity contribution < 1.29 is 4.79 Å². The van der Waals surface area contributed by atoms with Gasteiger partial charge in [0.2, 0.25) is 5.91 Å². The lowest BCUT2D eigenvalue weighted by Crippen LogP contribution is -2.38. The zero-order valence-corrected chi connectivity index (χ0v) is 11.9.